The van der Waals surface area contributed by atoms with Gasteiger partial charge in [0.15, 0.2) is 0 Å². The molecule has 1 aromatic heterocycles. The molecule has 9 heteroatoms. The van der Waals surface area contributed by atoms with Crippen LogP contribution in [0.5, 0.6) is 0 Å². The van der Waals surface area contributed by atoms with E-state index in [4.69, 9.17) is 0 Å². The van der Waals surface area contributed by atoms with Gasteiger partial charge in [0.25, 0.3) is 0 Å². The zero-order valence-electron chi connectivity index (χ0n) is 14.0. The minimum Gasteiger partial charge on any atom is -0.480 e. The van der Waals surface area contributed by atoms with Crippen LogP contribution in [0.2, 0.25) is 0 Å². The number of nitrogens with zero attached hydrogens (tertiary/aromatic N) is 4. The highest BCUT2D eigenvalue weighted by Gasteiger charge is 2.28. The quantitative estimate of drug-likeness (QED) is 0.743. The highest BCUT2D eigenvalue weighted by atomic mass is 19.1. The lowest BCUT2D eigenvalue weighted by molar-refractivity contribution is -0.142. The molecule has 0 bridgehead atoms. The van der Waals surface area contributed by atoms with Crippen LogP contribution < -0.4 is 5.32 Å². The first kappa shape index (κ1) is 18.5. The molecule has 25 heavy (non-hydrogen) atoms. The first-order valence-electron chi connectivity index (χ1n) is 7.94. The molecule has 2 atom stereocenters. The molecule has 0 aliphatic heterocycles. The molecular formula is C16H20FN5O3. The van der Waals surface area contributed by atoms with Crippen molar-refractivity contribution in [2.24, 2.45) is 0 Å². The van der Waals surface area contributed by atoms with Crippen LogP contribution in [-0.2, 0) is 16.0 Å². The number of aryl methyl sites for hydroxylation is 1. The summed E-state index contributed by atoms with van der Waals surface area (Å²) in [5.74, 6) is -1.55. The van der Waals surface area contributed by atoms with E-state index in [1.54, 1.807) is 19.1 Å². The van der Waals surface area contributed by atoms with Crippen LogP contribution in [-0.4, -0.2) is 43.2 Å². The Kier molecular flexibility index (Phi) is 6.15. The number of halogens is 1. The number of aliphatic carboxylic acids is 1. The summed E-state index contributed by atoms with van der Waals surface area (Å²) in [6, 6.07) is 3.91. The first-order chi connectivity index (χ1) is 11.9. The smallest absolute Gasteiger partial charge is 0.326 e. The van der Waals surface area contributed by atoms with E-state index in [1.807, 2.05) is 6.92 Å². The van der Waals surface area contributed by atoms with Gasteiger partial charge in [0, 0.05) is 6.42 Å². The maximum atomic E-state index is 13.1. The summed E-state index contributed by atoms with van der Waals surface area (Å²) in [7, 11) is 0. The highest BCUT2D eigenvalue weighted by Crippen LogP contribution is 2.16. The van der Waals surface area contributed by atoms with Crippen LogP contribution >= 0.6 is 0 Å². The fraction of sp³-hybridized carbons (Fsp3) is 0.438. The van der Waals surface area contributed by atoms with Crippen LogP contribution in [0.1, 0.15) is 37.2 Å². The third kappa shape index (κ3) is 4.82. The number of carbonyl (C=O) groups is 2. The second kappa shape index (κ2) is 8.32. The SMILES string of the molecule is CCCC(NC(=O)C(Cc1ccc(F)cc1)n1nnnc1C)C(=O)O. The Labute approximate surface area is 144 Å². The summed E-state index contributed by atoms with van der Waals surface area (Å²) >= 11 is 0. The fourth-order valence-corrected chi connectivity index (χ4v) is 2.47. The van der Waals surface area contributed by atoms with Crippen molar-refractivity contribution in [1.29, 1.82) is 0 Å². The normalized spacial score (nSPS) is 13.2. The number of hydrogen-bond acceptors (Lipinski definition) is 5. The second-order valence-electron chi connectivity index (χ2n) is 5.71. The Morgan fingerprint density at radius 2 is 2.00 bits per heavy atom. The van der Waals surface area contributed by atoms with E-state index in [2.05, 4.69) is 20.8 Å². The molecule has 2 N–H and O–H groups in total. The van der Waals surface area contributed by atoms with Gasteiger partial charge in [-0.25, -0.2) is 13.9 Å². The van der Waals surface area contributed by atoms with Gasteiger partial charge in [-0.05, 0) is 41.5 Å². The molecule has 0 saturated heterocycles. The van der Waals surface area contributed by atoms with Crippen molar-refractivity contribution in [1.82, 2.24) is 25.5 Å². The minimum atomic E-state index is -1.09. The van der Waals surface area contributed by atoms with Crippen LogP contribution in [0.15, 0.2) is 24.3 Å². The maximum absolute atomic E-state index is 13.1. The number of carbonyl (C=O) groups excluding carboxylic acids is 1. The van der Waals surface area contributed by atoms with E-state index in [0.29, 0.717) is 24.2 Å². The van der Waals surface area contributed by atoms with Gasteiger partial charge in [0.2, 0.25) is 5.91 Å². The number of hydrogen-bond donors (Lipinski definition) is 2. The first-order valence-corrected chi connectivity index (χ1v) is 7.94. The number of nitrogens with one attached hydrogen (secondary N) is 1. The van der Waals surface area contributed by atoms with Crippen LogP contribution in [0.3, 0.4) is 0 Å². The van der Waals surface area contributed by atoms with Gasteiger partial charge in [0.05, 0.1) is 0 Å². The zero-order valence-corrected chi connectivity index (χ0v) is 14.0. The lowest BCUT2D eigenvalue weighted by atomic mass is 10.0. The lowest BCUT2D eigenvalue weighted by Gasteiger charge is -2.20. The molecule has 2 rings (SSSR count). The molecule has 2 aromatic rings. The van der Waals surface area contributed by atoms with Crippen molar-refractivity contribution in [2.45, 2.75) is 45.2 Å². The highest BCUT2D eigenvalue weighted by molar-refractivity contribution is 5.86. The summed E-state index contributed by atoms with van der Waals surface area (Å²) < 4.78 is 14.4. The van der Waals surface area contributed by atoms with E-state index in [1.165, 1.54) is 16.8 Å². The number of carboxylic acid groups (broad SMARTS) is 1. The van der Waals surface area contributed by atoms with Crippen molar-refractivity contribution in [3.8, 4) is 0 Å². The summed E-state index contributed by atoms with van der Waals surface area (Å²) in [6.45, 7) is 3.48. The van der Waals surface area contributed by atoms with Gasteiger partial charge < -0.3 is 10.4 Å². The molecule has 0 radical (unpaired) electrons. The second-order valence-corrected chi connectivity index (χ2v) is 5.71. The van der Waals surface area contributed by atoms with Gasteiger partial charge in [-0.3, -0.25) is 4.79 Å². The average molecular weight is 349 g/mol. The summed E-state index contributed by atoms with van der Waals surface area (Å²) in [5.41, 5.74) is 0.707. The van der Waals surface area contributed by atoms with Crippen LogP contribution in [0, 0.1) is 12.7 Å². The van der Waals surface area contributed by atoms with Gasteiger partial charge >= 0.3 is 5.97 Å². The molecule has 0 saturated carbocycles. The lowest BCUT2D eigenvalue weighted by Crippen LogP contribution is -2.45. The van der Waals surface area contributed by atoms with Crippen molar-refractivity contribution in [3.05, 3.63) is 41.5 Å². The number of aromatic nitrogens is 4. The Balaban J connectivity index is 2.25. The fourth-order valence-electron chi connectivity index (χ4n) is 2.47. The van der Waals surface area contributed by atoms with Crippen molar-refractivity contribution in [2.75, 3.05) is 0 Å². The molecule has 134 valence electrons. The molecule has 0 spiro atoms. The molecule has 0 aliphatic carbocycles. The van der Waals surface area contributed by atoms with E-state index in [9.17, 15) is 19.1 Å². The van der Waals surface area contributed by atoms with Gasteiger partial charge in [-0.15, -0.1) is 5.10 Å². The molecule has 2 unspecified atom stereocenters. The predicted molar refractivity (Wildman–Crippen MR) is 86.2 cm³/mol. The topological polar surface area (TPSA) is 110 Å². The molecule has 0 fully saturated rings. The third-order valence-corrected chi connectivity index (χ3v) is 3.79. The van der Waals surface area contributed by atoms with Gasteiger partial charge in [0.1, 0.15) is 23.7 Å². The summed E-state index contributed by atoms with van der Waals surface area (Å²) in [4.78, 5) is 24.0. The molecule has 8 nitrogen and oxygen atoms in total. The average Bonchev–Trinajstić information content (AvgIpc) is 2.99. The monoisotopic (exact) mass is 349 g/mol. The van der Waals surface area contributed by atoms with Crippen molar-refractivity contribution >= 4 is 11.9 Å². The molecule has 1 heterocycles. The molecule has 1 amide bonds. The predicted octanol–water partition coefficient (Wildman–Crippen LogP) is 1.27. The standard InChI is InChI=1S/C16H20FN5O3/c1-3-4-13(16(24)25)18-15(23)14(22-10(2)19-20-21-22)9-11-5-7-12(17)8-6-11/h5-8,13-14H,3-4,9H2,1-2H3,(H,18,23)(H,24,25). The number of carboxylic acids is 1. The number of rotatable bonds is 8. The van der Waals surface area contributed by atoms with E-state index < -0.39 is 24.0 Å². The number of tetrazole rings is 1. The zero-order chi connectivity index (χ0) is 18.4. The molecule has 1 aromatic carbocycles. The minimum absolute atomic E-state index is 0.205. The Hall–Kier alpha value is -2.84. The van der Waals surface area contributed by atoms with Crippen LogP contribution in [0.25, 0.3) is 0 Å². The molecular weight excluding hydrogens is 329 g/mol. The summed E-state index contributed by atoms with van der Waals surface area (Å²) in [6.07, 6.45) is 1.14. The number of amides is 1. The van der Waals surface area contributed by atoms with Gasteiger partial charge in [-0.1, -0.05) is 25.5 Å². The molecule has 0 aliphatic rings. The van der Waals surface area contributed by atoms with E-state index >= 15 is 0 Å². The Bertz CT molecular complexity index is 732. The Morgan fingerprint density at radius 3 is 2.52 bits per heavy atom. The van der Waals surface area contributed by atoms with E-state index in [0.717, 1.165) is 0 Å². The third-order valence-electron chi connectivity index (χ3n) is 3.79. The summed E-state index contributed by atoms with van der Waals surface area (Å²) in [5, 5.41) is 22.9. The van der Waals surface area contributed by atoms with Crippen molar-refractivity contribution in [3.63, 3.8) is 0 Å². The van der Waals surface area contributed by atoms with Crippen molar-refractivity contribution < 1.29 is 19.1 Å². The Morgan fingerprint density at radius 1 is 1.32 bits per heavy atom. The van der Waals surface area contributed by atoms with Gasteiger partial charge in [-0.2, -0.15) is 0 Å². The van der Waals surface area contributed by atoms with Crippen LogP contribution in [0.4, 0.5) is 4.39 Å². The largest absolute Gasteiger partial charge is 0.480 e. The maximum Gasteiger partial charge on any atom is 0.326 e. The van der Waals surface area contributed by atoms with E-state index in [-0.39, 0.29) is 12.2 Å². The number of benzene rings is 1.